The molecule has 4 unspecified atom stereocenters. The van der Waals surface area contributed by atoms with E-state index in [1.807, 2.05) is 44.2 Å². The molecular weight excluding hydrogens is 432 g/mol. The molecule has 0 aromatic heterocycles. The molecular formula is C22H32N4O7. The lowest BCUT2D eigenvalue weighted by atomic mass is 10.0. The third kappa shape index (κ3) is 10.1. The number of rotatable bonds is 13. The Labute approximate surface area is 192 Å². The van der Waals surface area contributed by atoms with Crippen molar-refractivity contribution in [2.45, 2.75) is 64.2 Å². The fourth-order valence-corrected chi connectivity index (χ4v) is 2.99. The molecule has 0 aliphatic rings. The molecule has 4 atom stereocenters. The first kappa shape index (κ1) is 27.6. The summed E-state index contributed by atoms with van der Waals surface area (Å²) in [6, 6.07) is 4.50. The largest absolute Gasteiger partial charge is 0.481 e. The van der Waals surface area contributed by atoms with Crippen molar-refractivity contribution in [2.24, 2.45) is 11.7 Å². The number of hydrogen-bond donors (Lipinski definition) is 6. The Morgan fingerprint density at radius 1 is 0.848 bits per heavy atom. The number of hydrogen-bond acceptors (Lipinski definition) is 6. The summed E-state index contributed by atoms with van der Waals surface area (Å²) < 4.78 is 0. The normalized spacial score (nSPS) is 14.5. The number of carbonyl (C=O) groups is 5. The molecule has 7 N–H and O–H groups in total. The molecule has 182 valence electrons. The van der Waals surface area contributed by atoms with E-state index in [0.717, 1.165) is 5.56 Å². The van der Waals surface area contributed by atoms with Gasteiger partial charge in [-0.05, 0) is 31.2 Å². The Bertz CT molecular complexity index is 844. The Hall–Kier alpha value is -3.47. The molecule has 0 aliphatic heterocycles. The minimum atomic E-state index is -1.64. The van der Waals surface area contributed by atoms with Gasteiger partial charge < -0.3 is 31.9 Å². The van der Waals surface area contributed by atoms with Crippen LogP contribution in [0.4, 0.5) is 0 Å². The summed E-state index contributed by atoms with van der Waals surface area (Å²) in [6.45, 7) is 5.04. The van der Waals surface area contributed by atoms with Crippen LogP contribution in [-0.4, -0.2) is 64.0 Å². The highest BCUT2D eigenvalue weighted by Crippen LogP contribution is 2.07. The fourth-order valence-electron chi connectivity index (χ4n) is 2.99. The van der Waals surface area contributed by atoms with Crippen molar-refractivity contribution in [3.8, 4) is 0 Å². The zero-order chi connectivity index (χ0) is 25.1. The summed E-state index contributed by atoms with van der Waals surface area (Å²) in [5.41, 5.74) is 6.85. The summed E-state index contributed by atoms with van der Waals surface area (Å²) >= 11 is 0. The lowest BCUT2D eigenvalue weighted by molar-refractivity contribution is -0.147. The number of nitrogens with two attached hydrogens (primary N) is 1. The second-order valence-corrected chi connectivity index (χ2v) is 8.21. The summed E-state index contributed by atoms with van der Waals surface area (Å²) in [5.74, 6) is -4.91. The molecule has 0 radical (unpaired) electrons. The van der Waals surface area contributed by atoms with Crippen LogP contribution in [0.2, 0.25) is 0 Å². The van der Waals surface area contributed by atoms with Crippen molar-refractivity contribution in [1.29, 1.82) is 0 Å². The molecule has 11 heteroatoms. The molecule has 11 nitrogen and oxygen atoms in total. The van der Waals surface area contributed by atoms with Gasteiger partial charge in [0.05, 0.1) is 12.5 Å². The molecule has 0 saturated carbocycles. The molecule has 0 spiro atoms. The van der Waals surface area contributed by atoms with Crippen molar-refractivity contribution in [3.05, 3.63) is 35.9 Å². The number of carbonyl (C=O) groups excluding carboxylic acids is 3. The SMILES string of the molecule is CC(C)CC(NC(=O)C(N)Cc1ccccc1)C(=O)NC(C)C(=O)NC(CC(=O)O)C(=O)O. The molecule has 1 aromatic rings. The van der Waals surface area contributed by atoms with Crippen LogP contribution in [0.1, 0.15) is 39.2 Å². The van der Waals surface area contributed by atoms with E-state index in [9.17, 15) is 24.0 Å². The van der Waals surface area contributed by atoms with E-state index in [1.165, 1.54) is 6.92 Å². The fraction of sp³-hybridized carbons (Fsp3) is 0.500. The first-order chi connectivity index (χ1) is 15.4. The predicted octanol–water partition coefficient (Wildman–Crippen LogP) is -0.364. The number of carboxylic acid groups (broad SMARTS) is 2. The first-order valence-electron chi connectivity index (χ1n) is 10.6. The van der Waals surface area contributed by atoms with Gasteiger partial charge in [-0.3, -0.25) is 19.2 Å². The molecule has 1 aromatic carbocycles. The molecule has 0 aliphatic carbocycles. The van der Waals surface area contributed by atoms with Crippen molar-refractivity contribution in [2.75, 3.05) is 0 Å². The maximum Gasteiger partial charge on any atom is 0.326 e. The van der Waals surface area contributed by atoms with Crippen LogP contribution in [0.3, 0.4) is 0 Å². The van der Waals surface area contributed by atoms with Gasteiger partial charge in [0.2, 0.25) is 17.7 Å². The van der Waals surface area contributed by atoms with Gasteiger partial charge in [-0.1, -0.05) is 44.2 Å². The Morgan fingerprint density at radius 2 is 1.42 bits per heavy atom. The number of aliphatic carboxylic acids is 2. The van der Waals surface area contributed by atoms with Crippen LogP contribution in [-0.2, 0) is 30.4 Å². The highest BCUT2D eigenvalue weighted by Gasteiger charge is 2.29. The molecule has 0 fully saturated rings. The minimum absolute atomic E-state index is 0.0301. The third-order valence-electron chi connectivity index (χ3n) is 4.72. The van der Waals surface area contributed by atoms with Gasteiger partial charge in [0.25, 0.3) is 0 Å². The zero-order valence-corrected chi connectivity index (χ0v) is 18.9. The summed E-state index contributed by atoms with van der Waals surface area (Å²) in [4.78, 5) is 59.5. The van der Waals surface area contributed by atoms with Crippen molar-refractivity contribution < 1.29 is 34.2 Å². The van der Waals surface area contributed by atoms with Crippen LogP contribution in [0.25, 0.3) is 0 Å². The highest BCUT2D eigenvalue weighted by atomic mass is 16.4. The second kappa shape index (κ2) is 13.2. The van der Waals surface area contributed by atoms with Gasteiger partial charge in [-0.2, -0.15) is 0 Å². The summed E-state index contributed by atoms with van der Waals surface area (Å²) in [6.07, 6.45) is -0.255. The topological polar surface area (TPSA) is 188 Å². The lowest BCUT2D eigenvalue weighted by Crippen LogP contribution is -2.56. The first-order valence-corrected chi connectivity index (χ1v) is 10.6. The molecule has 3 amide bonds. The van der Waals surface area contributed by atoms with Gasteiger partial charge in [-0.15, -0.1) is 0 Å². The van der Waals surface area contributed by atoms with Gasteiger partial charge in [0.15, 0.2) is 0 Å². The second-order valence-electron chi connectivity index (χ2n) is 8.21. The van der Waals surface area contributed by atoms with E-state index in [0.29, 0.717) is 0 Å². The van der Waals surface area contributed by atoms with E-state index in [-0.39, 0.29) is 18.8 Å². The molecule has 0 saturated heterocycles. The van der Waals surface area contributed by atoms with E-state index in [4.69, 9.17) is 15.9 Å². The Morgan fingerprint density at radius 3 is 1.94 bits per heavy atom. The maximum atomic E-state index is 12.8. The van der Waals surface area contributed by atoms with Crippen molar-refractivity contribution >= 4 is 29.7 Å². The number of nitrogens with one attached hydrogen (secondary N) is 3. The number of carboxylic acids is 2. The van der Waals surface area contributed by atoms with Gasteiger partial charge >= 0.3 is 11.9 Å². The van der Waals surface area contributed by atoms with E-state index in [1.54, 1.807) is 0 Å². The number of benzene rings is 1. The van der Waals surface area contributed by atoms with Gasteiger partial charge in [-0.25, -0.2) is 4.79 Å². The van der Waals surface area contributed by atoms with E-state index in [2.05, 4.69) is 16.0 Å². The molecule has 1 rings (SSSR count). The van der Waals surface area contributed by atoms with Crippen LogP contribution in [0, 0.1) is 5.92 Å². The Kier molecular flexibility index (Phi) is 11.0. The lowest BCUT2D eigenvalue weighted by Gasteiger charge is -2.24. The monoisotopic (exact) mass is 464 g/mol. The standard InChI is InChI=1S/C22H32N4O7/c1-12(2)9-16(25-20(30)15(23)10-14-7-5-4-6-8-14)21(31)24-13(3)19(29)26-17(22(32)33)11-18(27)28/h4-8,12-13,15-17H,9-11,23H2,1-3H3,(H,24,31)(H,25,30)(H,26,29)(H,27,28)(H,32,33). The molecule has 33 heavy (non-hydrogen) atoms. The van der Waals surface area contributed by atoms with Crippen molar-refractivity contribution in [3.63, 3.8) is 0 Å². The minimum Gasteiger partial charge on any atom is -0.481 e. The van der Waals surface area contributed by atoms with Gasteiger partial charge in [0, 0.05) is 0 Å². The molecule has 0 bridgehead atoms. The van der Waals surface area contributed by atoms with Crippen molar-refractivity contribution in [1.82, 2.24) is 16.0 Å². The van der Waals surface area contributed by atoms with E-state index >= 15 is 0 Å². The quantitative estimate of drug-likeness (QED) is 0.228. The molecule has 0 heterocycles. The number of amides is 3. The summed E-state index contributed by atoms with van der Waals surface area (Å²) in [5, 5.41) is 25.0. The summed E-state index contributed by atoms with van der Waals surface area (Å²) in [7, 11) is 0. The van der Waals surface area contributed by atoms with Crippen LogP contribution >= 0.6 is 0 Å². The zero-order valence-electron chi connectivity index (χ0n) is 18.9. The van der Waals surface area contributed by atoms with Crippen LogP contribution < -0.4 is 21.7 Å². The van der Waals surface area contributed by atoms with Crippen LogP contribution in [0.5, 0.6) is 0 Å². The third-order valence-corrected chi connectivity index (χ3v) is 4.72. The average Bonchev–Trinajstić information content (AvgIpc) is 2.72. The average molecular weight is 465 g/mol. The van der Waals surface area contributed by atoms with Gasteiger partial charge in [0.1, 0.15) is 18.1 Å². The predicted molar refractivity (Wildman–Crippen MR) is 119 cm³/mol. The smallest absolute Gasteiger partial charge is 0.326 e. The Balaban J connectivity index is 2.77. The maximum absolute atomic E-state index is 12.8. The van der Waals surface area contributed by atoms with Crippen LogP contribution in [0.15, 0.2) is 30.3 Å². The van der Waals surface area contributed by atoms with E-state index < -0.39 is 60.2 Å². The highest BCUT2D eigenvalue weighted by molar-refractivity contribution is 5.94.